The molecule has 5 rings (SSSR count). The zero-order valence-electron chi connectivity index (χ0n) is 22.7. The highest BCUT2D eigenvalue weighted by molar-refractivity contribution is 7.22. The number of ether oxygens (including phenoxy) is 1. The third-order valence-electron chi connectivity index (χ3n) is 6.31. The molecule has 5 aromatic rings. The van der Waals surface area contributed by atoms with E-state index in [1.165, 1.54) is 23.6 Å². The number of aryl methyl sites for hydroxylation is 1. The number of carboxylic acid groups (broad SMARTS) is 2. The zero-order chi connectivity index (χ0) is 29.5. The summed E-state index contributed by atoms with van der Waals surface area (Å²) in [5, 5.41) is 20.9. The van der Waals surface area contributed by atoms with E-state index in [2.05, 4.69) is 9.97 Å². The Morgan fingerprint density at radius 2 is 1.71 bits per heavy atom. The molecule has 1 atom stereocenters. The van der Waals surface area contributed by atoms with E-state index >= 15 is 0 Å². The number of fused-ring (bicyclic) bond motifs is 1. The Morgan fingerprint density at radius 3 is 2.37 bits per heavy atom. The lowest BCUT2D eigenvalue weighted by atomic mass is 9.91. The minimum atomic E-state index is -1.21. The van der Waals surface area contributed by atoms with Crippen molar-refractivity contribution in [2.24, 2.45) is 0 Å². The fraction of sp³-hybridized carbons (Fsp3) is 0.194. The van der Waals surface area contributed by atoms with Crippen LogP contribution in [0, 0.1) is 6.92 Å². The minimum absolute atomic E-state index is 0.0655. The smallest absolute Gasteiger partial charge is 0.337 e. The fourth-order valence-corrected chi connectivity index (χ4v) is 5.83. The SMILES string of the molecule is Cc1cc2nc(-c3ccnc(-c4cncc(C(=O)O)c4)c3)sc2c(-c2ccc(Cl)cc2)c1C(OC(C)(C)C)C(=O)O. The van der Waals surface area contributed by atoms with Crippen molar-refractivity contribution in [1.29, 1.82) is 0 Å². The predicted octanol–water partition coefficient (Wildman–Crippen LogP) is 7.69. The number of rotatable bonds is 7. The van der Waals surface area contributed by atoms with Crippen LogP contribution in [-0.4, -0.2) is 42.7 Å². The van der Waals surface area contributed by atoms with E-state index in [9.17, 15) is 19.8 Å². The highest BCUT2D eigenvalue weighted by atomic mass is 35.5. The molecule has 8 nitrogen and oxygen atoms in total. The number of hydrogen-bond acceptors (Lipinski definition) is 7. The molecule has 3 heterocycles. The van der Waals surface area contributed by atoms with Gasteiger partial charge in [-0.05, 0) is 75.2 Å². The first kappa shape index (κ1) is 28.4. The van der Waals surface area contributed by atoms with E-state index in [1.807, 2.05) is 58.0 Å². The lowest BCUT2D eigenvalue weighted by Crippen LogP contribution is -2.28. The molecule has 0 fully saturated rings. The normalized spacial score (nSPS) is 12.4. The summed E-state index contributed by atoms with van der Waals surface area (Å²) in [6.07, 6.45) is 3.28. The van der Waals surface area contributed by atoms with E-state index in [4.69, 9.17) is 21.3 Å². The highest BCUT2D eigenvalue weighted by Crippen LogP contribution is 2.44. The largest absolute Gasteiger partial charge is 0.479 e. The van der Waals surface area contributed by atoms with Crippen LogP contribution < -0.4 is 0 Å². The first-order valence-corrected chi connectivity index (χ1v) is 13.9. The van der Waals surface area contributed by atoms with Crippen LogP contribution in [0.5, 0.6) is 0 Å². The van der Waals surface area contributed by atoms with Gasteiger partial charge in [-0.15, -0.1) is 11.3 Å². The van der Waals surface area contributed by atoms with Crippen molar-refractivity contribution < 1.29 is 24.5 Å². The molecule has 0 aliphatic carbocycles. The Hall–Kier alpha value is -4.18. The summed E-state index contributed by atoms with van der Waals surface area (Å²) in [7, 11) is 0. The molecule has 1 unspecified atom stereocenters. The Bertz CT molecular complexity index is 1790. The molecule has 0 radical (unpaired) electrons. The maximum absolute atomic E-state index is 12.6. The number of aromatic carboxylic acids is 1. The number of aromatic nitrogens is 3. The summed E-state index contributed by atoms with van der Waals surface area (Å²) in [6.45, 7) is 7.34. The molecule has 0 amide bonds. The van der Waals surface area contributed by atoms with E-state index in [0.29, 0.717) is 32.4 Å². The van der Waals surface area contributed by atoms with Gasteiger partial charge in [0.25, 0.3) is 0 Å². The predicted molar refractivity (Wildman–Crippen MR) is 159 cm³/mol. The van der Waals surface area contributed by atoms with Gasteiger partial charge in [0.1, 0.15) is 5.01 Å². The maximum atomic E-state index is 12.6. The Kier molecular flexibility index (Phi) is 7.61. The number of benzene rings is 2. The number of carbonyl (C=O) groups is 2. The van der Waals surface area contributed by atoms with Crippen molar-refractivity contribution in [2.45, 2.75) is 39.4 Å². The third-order valence-corrected chi connectivity index (χ3v) is 7.70. The molecular weight excluding hydrogens is 562 g/mol. The van der Waals surface area contributed by atoms with Gasteiger partial charge in [0.05, 0.1) is 27.1 Å². The van der Waals surface area contributed by atoms with Crippen LogP contribution >= 0.6 is 22.9 Å². The molecule has 41 heavy (non-hydrogen) atoms. The summed E-state index contributed by atoms with van der Waals surface area (Å²) in [5.74, 6) is -2.16. The van der Waals surface area contributed by atoms with Crippen LogP contribution in [-0.2, 0) is 9.53 Å². The molecule has 0 spiro atoms. The lowest BCUT2D eigenvalue weighted by Gasteiger charge is -2.28. The third kappa shape index (κ3) is 5.97. The van der Waals surface area contributed by atoms with Gasteiger partial charge < -0.3 is 14.9 Å². The molecule has 2 N–H and O–H groups in total. The topological polar surface area (TPSA) is 123 Å². The van der Waals surface area contributed by atoms with E-state index in [1.54, 1.807) is 24.5 Å². The average Bonchev–Trinajstić information content (AvgIpc) is 3.35. The second-order valence-electron chi connectivity index (χ2n) is 10.5. The summed E-state index contributed by atoms with van der Waals surface area (Å²) in [5.41, 5.74) is 4.79. The van der Waals surface area contributed by atoms with Crippen molar-refractivity contribution in [2.75, 3.05) is 0 Å². The van der Waals surface area contributed by atoms with Crippen LogP contribution in [0.3, 0.4) is 0 Å². The summed E-state index contributed by atoms with van der Waals surface area (Å²) < 4.78 is 6.89. The van der Waals surface area contributed by atoms with Gasteiger partial charge in [-0.25, -0.2) is 14.6 Å². The molecule has 0 aliphatic rings. The number of carboxylic acids is 2. The Balaban J connectivity index is 1.71. The van der Waals surface area contributed by atoms with Crippen LogP contribution in [0.2, 0.25) is 5.02 Å². The van der Waals surface area contributed by atoms with Crippen molar-refractivity contribution in [3.8, 4) is 33.0 Å². The minimum Gasteiger partial charge on any atom is -0.479 e. The number of thiazole rings is 1. The molecule has 10 heteroatoms. The zero-order valence-corrected chi connectivity index (χ0v) is 24.2. The van der Waals surface area contributed by atoms with Crippen molar-refractivity contribution in [3.63, 3.8) is 0 Å². The van der Waals surface area contributed by atoms with Crippen LogP contribution in [0.4, 0.5) is 0 Å². The van der Waals surface area contributed by atoms with Gasteiger partial charge in [0.2, 0.25) is 0 Å². The number of halogens is 1. The van der Waals surface area contributed by atoms with Crippen molar-refractivity contribution in [1.82, 2.24) is 15.0 Å². The molecule has 208 valence electrons. The Labute approximate surface area is 245 Å². The molecule has 0 saturated heterocycles. The second-order valence-corrected chi connectivity index (χ2v) is 11.9. The monoisotopic (exact) mass is 587 g/mol. The van der Waals surface area contributed by atoms with Gasteiger partial charge in [-0.1, -0.05) is 23.7 Å². The van der Waals surface area contributed by atoms with Gasteiger partial charge in [0, 0.05) is 45.9 Å². The molecule has 2 aromatic carbocycles. The first-order chi connectivity index (χ1) is 19.4. The van der Waals surface area contributed by atoms with Crippen LogP contribution in [0.15, 0.2) is 67.1 Å². The van der Waals surface area contributed by atoms with Gasteiger partial charge in [0.15, 0.2) is 6.10 Å². The Morgan fingerprint density at radius 1 is 0.976 bits per heavy atom. The van der Waals surface area contributed by atoms with Crippen molar-refractivity contribution in [3.05, 3.63) is 88.8 Å². The highest BCUT2D eigenvalue weighted by Gasteiger charge is 2.32. The van der Waals surface area contributed by atoms with Gasteiger partial charge >= 0.3 is 11.9 Å². The van der Waals surface area contributed by atoms with Crippen LogP contribution in [0.25, 0.3) is 43.2 Å². The number of nitrogens with zero attached hydrogens (tertiary/aromatic N) is 3. The number of aliphatic carboxylic acids is 1. The standard InChI is InChI=1S/C31H26ClN3O5S/c1-16-11-23-27(25(17-5-7-21(32)8-6-17)24(16)26(30(38)39)40-31(2,3)4)41-28(35-23)18-9-10-34-22(13-18)19-12-20(29(36)37)15-33-14-19/h5-15,26H,1-4H3,(H,36,37)(H,38,39). The lowest BCUT2D eigenvalue weighted by molar-refractivity contribution is -0.160. The first-order valence-electron chi connectivity index (χ1n) is 12.7. The van der Waals surface area contributed by atoms with Crippen LogP contribution in [0.1, 0.15) is 48.4 Å². The van der Waals surface area contributed by atoms with Crippen molar-refractivity contribution >= 4 is 45.1 Å². The summed E-state index contributed by atoms with van der Waals surface area (Å²) >= 11 is 7.62. The number of pyridine rings is 2. The molecule has 0 aliphatic heterocycles. The molecule has 3 aromatic heterocycles. The number of hydrogen-bond donors (Lipinski definition) is 2. The summed E-state index contributed by atoms with van der Waals surface area (Å²) in [6, 6.07) is 14.3. The van der Waals surface area contributed by atoms with E-state index < -0.39 is 23.6 Å². The van der Waals surface area contributed by atoms with Gasteiger partial charge in [-0.2, -0.15) is 0 Å². The molecule has 0 bridgehead atoms. The molecule has 0 saturated carbocycles. The summed E-state index contributed by atoms with van der Waals surface area (Å²) in [4.78, 5) is 37.4. The second kappa shape index (κ2) is 11.0. The van der Waals surface area contributed by atoms with Gasteiger partial charge in [-0.3, -0.25) is 9.97 Å². The van der Waals surface area contributed by atoms with E-state index in [0.717, 1.165) is 27.0 Å². The fourth-order valence-electron chi connectivity index (χ4n) is 4.58. The maximum Gasteiger partial charge on any atom is 0.337 e. The molecular formula is C31H26ClN3O5S. The van der Waals surface area contributed by atoms with E-state index in [-0.39, 0.29) is 5.56 Å². The quantitative estimate of drug-likeness (QED) is 0.199. The average molecular weight is 588 g/mol.